The number of rotatable bonds is 4. The van der Waals surface area contributed by atoms with Crippen molar-refractivity contribution in [1.82, 2.24) is 19.9 Å². The summed E-state index contributed by atoms with van der Waals surface area (Å²) in [5.41, 5.74) is 0.917. The summed E-state index contributed by atoms with van der Waals surface area (Å²) >= 11 is 0. The lowest BCUT2D eigenvalue weighted by Gasteiger charge is -2.09. The molecule has 0 unspecified atom stereocenters. The standard InChI is InChI=1S/C21H15F3N4O2/c22-21(23,24)15-8-6-14(7-9-15)17-10-18(29)28-19(27-17)16(12-26-28)20(30)25-11-13-4-2-1-3-5-13/h1-10,12,29H,11H2,(H,25,30). The minimum atomic E-state index is -4.45. The second-order valence-electron chi connectivity index (χ2n) is 6.54. The fraction of sp³-hybridized carbons (Fsp3) is 0.0952. The lowest BCUT2D eigenvalue weighted by Crippen LogP contribution is -2.22. The molecule has 30 heavy (non-hydrogen) atoms. The highest BCUT2D eigenvalue weighted by molar-refractivity contribution is 5.99. The van der Waals surface area contributed by atoms with Gasteiger partial charge in [-0.1, -0.05) is 42.5 Å². The summed E-state index contributed by atoms with van der Waals surface area (Å²) in [4.78, 5) is 16.9. The van der Waals surface area contributed by atoms with E-state index in [4.69, 9.17) is 0 Å². The monoisotopic (exact) mass is 412 g/mol. The van der Waals surface area contributed by atoms with E-state index < -0.39 is 17.6 Å². The Balaban J connectivity index is 1.65. The summed E-state index contributed by atoms with van der Waals surface area (Å²) in [6.45, 7) is 0.293. The molecular weight excluding hydrogens is 397 g/mol. The molecule has 152 valence electrons. The van der Waals surface area contributed by atoms with E-state index in [0.717, 1.165) is 22.2 Å². The van der Waals surface area contributed by atoms with Gasteiger partial charge in [0.25, 0.3) is 5.91 Å². The number of aromatic hydroxyl groups is 1. The first-order chi connectivity index (χ1) is 14.3. The van der Waals surface area contributed by atoms with Gasteiger partial charge in [-0.3, -0.25) is 4.79 Å². The van der Waals surface area contributed by atoms with Crippen molar-refractivity contribution in [2.24, 2.45) is 0 Å². The Morgan fingerprint density at radius 3 is 2.43 bits per heavy atom. The molecule has 0 spiro atoms. The predicted molar refractivity (Wildman–Crippen MR) is 103 cm³/mol. The predicted octanol–water partition coefficient (Wildman–Crippen LogP) is 4.05. The number of hydrogen-bond acceptors (Lipinski definition) is 4. The highest BCUT2D eigenvalue weighted by Gasteiger charge is 2.30. The molecule has 0 radical (unpaired) electrons. The van der Waals surface area contributed by atoms with Crippen molar-refractivity contribution in [3.63, 3.8) is 0 Å². The Kier molecular flexibility index (Phi) is 4.86. The molecule has 2 aromatic carbocycles. The molecule has 0 saturated carbocycles. The van der Waals surface area contributed by atoms with Crippen LogP contribution in [0.3, 0.4) is 0 Å². The van der Waals surface area contributed by atoms with Crippen molar-refractivity contribution in [3.05, 3.63) is 83.6 Å². The van der Waals surface area contributed by atoms with E-state index in [1.165, 1.54) is 24.4 Å². The lowest BCUT2D eigenvalue weighted by molar-refractivity contribution is -0.137. The maximum Gasteiger partial charge on any atom is 0.416 e. The van der Waals surface area contributed by atoms with E-state index in [2.05, 4.69) is 15.4 Å². The van der Waals surface area contributed by atoms with Crippen LogP contribution in [0.5, 0.6) is 5.88 Å². The van der Waals surface area contributed by atoms with Gasteiger partial charge in [-0.05, 0) is 17.7 Å². The second kappa shape index (κ2) is 7.51. The number of nitrogens with one attached hydrogen (secondary N) is 1. The number of nitrogens with zero attached hydrogens (tertiary/aromatic N) is 3. The molecule has 2 N–H and O–H groups in total. The van der Waals surface area contributed by atoms with E-state index in [-0.39, 0.29) is 22.8 Å². The number of alkyl halides is 3. The summed E-state index contributed by atoms with van der Waals surface area (Å²) in [5.74, 6) is -0.734. The molecule has 9 heteroatoms. The van der Waals surface area contributed by atoms with Crippen molar-refractivity contribution in [1.29, 1.82) is 0 Å². The fourth-order valence-corrected chi connectivity index (χ4v) is 2.96. The fourth-order valence-electron chi connectivity index (χ4n) is 2.96. The zero-order valence-corrected chi connectivity index (χ0v) is 15.4. The second-order valence-corrected chi connectivity index (χ2v) is 6.54. The van der Waals surface area contributed by atoms with Crippen LogP contribution in [0.25, 0.3) is 16.9 Å². The molecule has 4 aromatic rings. The quantitative estimate of drug-likeness (QED) is 0.530. The molecule has 0 aliphatic rings. The minimum Gasteiger partial charge on any atom is -0.493 e. The van der Waals surface area contributed by atoms with Crippen LogP contribution in [0, 0.1) is 0 Å². The number of hydrogen-bond donors (Lipinski definition) is 2. The van der Waals surface area contributed by atoms with Crippen molar-refractivity contribution in [2.45, 2.75) is 12.7 Å². The third kappa shape index (κ3) is 3.82. The molecule has 2 aromatic heterocycles. The van der Waals surface area contributed by atoms with Crippen LogP contribution in [0.1, 0.15) is 21.5 Å². The lowest BCUT2D eigenvalue weighted by atomic mass is 10.1. The van der Waals surface area contributed by atoms with E-state index in [0.29, 0.717) is 12.1 Å². The largest absolute Gasteiger partial charge is 0.493 e. The van der Waals surface area contributed by atoms with Crippen molar-refractivity contribution >= 4 is 11.6 Å². The zero-order chi connectivity index (χ0) is 21.3. The SMILES string of the molecule is O=C(NCc1ccccc1)c1cnn2c(O)cc(-c3ccc(C(F)(F)F)cc3)nc12. The van der Waals surface area contributed by atoms with Crippen LogP contribution in [0.2, 0.25) is 0 Å². The maximum atomic E-state index is 12.8. The average Bonchev–Trinajstić information content (AvgIpc) is 3.17. The van der Waals surface area contributed by atoms with E-state index in [1.807, 2.05) is 30.3 Å². The topological polar surface area (TPSA) is 79.5 Å². The first-order valence-corrected chi connectivity index (χ1v) is 8.90. The summed E-state index contributed by atoms with van der Waals surface area (Å²) in [6, 6.07) is 15.0. The van der Waals surface area contributed by atoms with Gasteiger partial charge in [0.1, 0.15) is 5.56 Å². The van der Waals surface area contributed by atoms with E-state index in [9.17, 15) is 23.1 Å². The molecule has 4 rings (SSSR count). The Bertz CT molecular complexity index is 1200. The Labute approximate surface area is 168 Å². The summed E-state index contributed by atoms with van der Waals surface area (Å²) in [5, 5.41) is 17.0. The molecule has 1 amide bonds. The number of halogens is 3. The highest BCUT2D eigenvalue weighted by Crippen LogP contribution is 2.31. The molecule has 0 aliphatic carbocycles. The molecule has 0 aliphatic heterocycles. The first-order valence-electron chi connectivity index (χ1n) is 8.90. The minimum absolute atomic E-state index is 0.0930. The molecule has 2 heterocycles. The maximum absolute atomic E-state index is 12.8. The molecule has 6 nitrogen and oxygen atoms in total. The zero-order valence-electron chi connectivity index (χ0n) is 15.4. The van der Waals surface area contributed by atoms with Gasteiger partial charge < -0.3 is 10.4 Å². The number of carbonyl (C=O) groups excluding carboxylic acids is 1. The third-order valence-electron chi connectivity index (χ3n) is 4.50. The van der Waals surface area contributed by atoms with Crippen molar-refractivity contribution in [3.8, 4) is 17.1 Å². The summed E-state index contributed by atoms with van der Waals surface area (Å²) in [6.07, 6.45) is -3.17. The van der Waals surface area contributed by atoms with Gasteiger partial charge in [0.05, 0.1) is 17.5 Å². The van der Waals surface area contributed by atoms with Gasteiger partial charge in [0.2, 0.25) is 5.88 Å². The molecule has 0 atom stereocenters. The number of benzene rings is 2. The number of amides is 1. The van der Waals surface area contributed by atoms with Gasteiger partial charge in [-0.25, -0.2) is 4.98 Å². The highest BCUT2D eigenvalue weighted by atomic mass is 19.4. The van der Waals surface area contributed by atoms with E-state index in [1.54, 1.807) is 0 Å². The first kappa shape index (κ1) is 19.4. The Morgan fingerprint density at radius 1 is 1.07 bits per heavy atom. The van der Waals surface area contributed by atoms with E-state index >= 15 is 0 Å². The average molecular weight is 412 g/mol. The van der Waals surface area contributed by atoms with Crippen LogP contribution in [-0.4, -0.2) is 25.6 Å². The van der Waals surface area contributed by atoms with Gasteiger partial charge >= 0.3 is 6.18 Å². The smallest absolute Gasteiger partial charge is 0.416 e. The summed E-state index contributed by atoms with van der Waals surface area (Å²) < 4.78 is 39.4. The normalized spacial score (nSPS) is 11.6. The summed E-state index contributed by atoms with van der Waals surface area (Å²) in [7, 11) is 0. The van der Waals surface area contributed by atoms with Gasteiger partial charge in [0, 0.05) is 18.2 Å². The third-order valence-corrected chi connectivity index (χ3v) is 4.50. The van der Waals surface area contributed by atoms with Crippen molar-refractivity contribution < 1.29 is 23.1 Å². The molecule has 0 bridgehead atoms. The van der Waals surface area contributed by atoms with Crippen LogP contribution in [0.15, 0.2) is 66.9 Å². The van der Waals surface area contributed by atoms with Gasteiger partial charge in [-0.15, -0.1) is 0 Å². The van der Waals surface area contributed by atoms with Crippen LogP contribution in [-0.2, 0) is 12.7 Å². The Hall–Kier alpha value is -3.88. The molecule has 0 saturated heterocycles. The number of carbonyl (C=O) groups is 1. The van der Waals surface area contributed by atoms with Crippen molar-refractivity contribution in [2.75, 3.05) is 0 Å². The molecule has 0 fully saturated rings. The van der Waals surface area contributed by atoms with Crippen LogP contribution in [0.4, 0.5) is 13.2 Å². The number of aromatic nitrogens is 3. The Morgan fingerprint density at radius 2 is 1.77 bits per heavy atom. The van der Waals surface area contributed by atoms with Gasteiger partial charge in [-0.2, -0.15) is 22.8 Å². The van der Waals surface area contributed by atoms with Crippen LogP contribution >= 0.6 is 0 Å². The van der Waals surface area contributed by atoms with Gasteiger partial charge in [0.15, 0.2) is 5.65 Å². The molecular formula is C21H15F3N4O2. The number of fused-ring (bicyclic) bond motifs is 1. The van der Waals surface area contributed by atoms with Crippen LogP contribution < -0.4 is 5.32 Å².